The Morgan fingerprint density at radius 1 is 1.00 bits per heavy atom. The molecule has 0 amide bonds. The molecule has 1 N–H and O–H groups in total. The summed E-state index contributed by atoms with van der Waals surface area (Å²) < 4.78 is 0. The molecule has 2 heterocycles. The third kappa shape index (κ3) is 3.27. The van der Waals surface area contributed by atoms with Crippen LogP contribution in [0.1, 0.15) is 18.9 Å². The molecule has 0 spiro atoms. The maximum Gasteiger partial charge on any atom is 0.138 e. The van der Waals surface area contributed by atoms with Crippen LogP contribution in [0, 0.1) is 6.92 Å². The predicted molar refractivity (Wildman–Crippen MR) is 105 cm³/mol. The monoisotopic (exact) mass is 334 g/mol. The average Bonchev–Trinajstić information content (AvgIpc) is 2.94. The van der Waals surface area contributed by atoms with E-state index in [2.05, 4.69) is 71.1 Å². The van der Waals surface area contributed by atoms with E-state index in [1.54, 1.807) is 0 Å². The first kappa shape index (κ1) is 16.2. The molecule has 1 fully saturated rings. The summed E-state index contributed by atoms with van der Waals surface area (Å²) in [6.45, 7) is 10.1. The van der Waals surface area contributed by atoms with E-state index in [0.717, 1.165) is 48.6 Å². The van der Waals surface area contributed by atoms with Gasteiger partial charge in [0, 0.05) is 30.9 Å². The second kappa shape index (κ2) is 6.89. The lowest BCUT2D eigenvalue weighted by Gasteiger charge is -2.23. The van der Waals surface area contributed by atoms with Crippen molar-refractivity contribution in [3.63, 3.8) is 0 Å². The van der Waals surface area contributed by atoms with E-state index in [1.807, 2.05) is 0 Å². The zero-order valence-corrected chi connectivity index (χ0v) is 15.1. The molecule has 25 heavy (non-hydrogen) atoms. The fourth-order valence-electron chi connectivity index (χ4n) is 3.69. The molecule has 4 heteroatoms. The molecule has 130 valence electrons. The number of hydrogen-bond acceptors (Lipinski definition) is 3. The molecule has 3 aromatic rings. The number of anilines is 1. The van der Waals surface area contributed by atoms with Crippen molar-refractivity contribution in [2.45, 2.75) is 20.3 Å². The van der Waals surface area contributed by atoms with Crippen LogP contribution in [0.25, 0.3) is 22.4 Å². The van der Waals surface area contributed by atoms with Gasteiger partial charge >= 0.3 is 0 Å². The Bertz CT molecular complexity index is 850. The number of nitrogens with zero attached hydrogens (tertiary/aromatic N) is 3. The number of aryl methyl sites for hydroxylation is 1. The van der Waals surface area contributed by atoms with Crippen molar-refractivity contribution in [2.24, 2.45) is 0 Å². The van der Waals surface area contributed by atoms with Gasteiger partial charge in [-0.05, 0) is 62.3 Å². The number of imidazole rings is 1. The molecule has 0 atom stereocenters. The van der Waals surface area contributed by atoms with E-state index in [1.165, 1.54) is 24.2 Å². The molecule has 2 aromatic carbocycles. The number of fused-ring (bicyclic) bond motifs is 1. The van der Waals surface area contributed by atoms with E-state index in [-0.39, 0.29) is 0 Å². The molecule has 4 nitrogen and oxygen atoms in total. The lowest BCUT2D eigenvalue weighted by atomic mass is 10.2. The number of aromatic amines is 1. The summed E-state index contributed by atoms with van der Waals surface area (Å²) in [7, 11) is 0. The zero-order valence-electron chi connectivity index (χ0n) is 15.1. The minimum absolute atomic E-state index is 0.948. The summed E-state index contributed by atoms with van der Waals surface area (Å²) >= 11 is 0. The number of para-hydroxylation sites is 1. The molecule has 1 aromatic heterocycles. The molecule has 0 aliphatic carbocycles. The molecule has 0 radical (unpaired) electrons. The maximum atomic E-state index is 4.78. The van der Waals surface area contributed by atoms with Crippen molar-refractivity contribution in [1.29, 1.82) is 0 Å². The Labute approximate surface area is 149 Å². The first-order chi connectivity index (χ1) is 12.2. The van der Waals surface area contributed by atoms with Crippen molar-refractivity contribution in [1.82, 2.24) is 14.9 Å². The van der Waals surface area contributed by atoms with Gasteiger partial charge in [-0.2, -0.15) is 0 Å². The fourth-order valence-corrected chi connectivity index (χ4v) is 3.69. The summed E-state index contributed by atoms with van der Waals surface area (Å²) in [5, 5.41) is 0. The zero-order chi connectivity index (χ0) is 17.2. The van der Waals surface area contributed by atoms with Gasteiger partial charge in [-0.1, -0.05) is 19.1 Å². The van der Waals surface area contributed by atoms with Crippen LogP contribution in [-0.4, -0.2) is 47.6 Å². The van der Waals surface area contributed by atoms with Gasteiger partial charge < -0.3 is 14.8 Å². The van der Waals surface area contributed by atoms with Gasteiger partial charge in [0.2, 0.25) is 0 Å². The molecule has 4 rings (SSSR count). The molecule has 1 aliphatic rings. The molecule has 0 bridgehead atoms. The predicted octanol–water partition coefficient (Wildman–Crippen LogP) is 4.07. The van der Waals surface area contributed by atoms with Crippen LogP contribution in [-0.2, 0) is 0 Å². The summed E-state index contributed by atoms with van der Waals surface area (Å²) in [5.41, 5.74) is 5.83. The average molecular weight is 334 g/mol. The Kier molecular flexibility index (Phi) is 4.45. The second-order valence-electron chi connectivity index (χ2n) is 6.88. The minimum atomic E-state index is 0.948. The topological polar surface area (TPSA) is 35.2 Å². The van der Waals surface area contributed by atoms with Crippen LogP contribution in [0.4, 0.5) is 5.69 Å². The standard InChI is InChI=1S/C21H26N4/c1-3-24-12-5-13-25(15-14-24)18-10-8-17(9-11-18)21-22-19-7-4-6-16(2)20(19)23-21/h4,6-11H,3,5,12-15H2,1-2H3,(H,22,23). The number of aromatic nitrogens is 2. The number of nitrogens with one attached hydrogen (secondary N) is 1. The summed E-state index contributed by atoms with van der Waals surface area (Å²) in [5.74, 6) is 0.948. The van der Waals surface area contributed by atoms with Crippen LogP contribution in [0.5, 0.6) is 0 Å². The van der Waals surface area contributed by atoms with E-state index in [9.17, 15) is 0 Å². The largest absolute Gasteiger partial charge is 0.370 e. The van der Waals surface area contributed by atoms with Crippen LogP contribution in [0.3, 0.4) is 0 Å². The summed E-state index contributed by atoms with van der Waals surface area (Å²) in [4.78, 5) is 13.3. The number of rotatable bonds is 3. The van der Waals surface area contributed by atoms with Gasteiger partial charge in [0.25, 0.3) is 0 Å². The third-order valence-electron chi connectivity index (χ3n) is 5.26. The smallest absolute Gasteiger partial charge is 0.138 e. The van der Waals surface area contributed by atoms with E-state index in [4.69, 9.17) is 4.98 Å². The van der Waals surface area contributed by atoms with Crippen molar-refractivity contribution in [3.8, 4) is 11.4 Å². The highest BCUT2D eigenvalue weighted by Gasteiger charge is 2.14. The molecule has 0 saturated carbocycles. The van der Waals surface area contributed by atoms with Crippen molar-refractivity contribution < 1.29 is 0 Å². The van der Waals surface area contributed by atoms with Gasteiger partial charge in [0.05, 0.1) is 11.0 Å². The van der Waals surface area contributed by atoms with Crippen LogP contribution < -0.4 is 4.90 Å². The first-order valence-electron chi connectivity index (χ1n) is 9.27. The van der Waals surface area contributed by atoms with Gasteiger partial charge in [0.15, 0.2) is 0 Å². The number of benzene rings is 2. The molecular weight excluding hydrogens is 308 g/mol. The lowest BCUT2D eigenvalue weighted by Crippen LogP contribution is -2.30. The lowest BCUT2D eigenvalue weighted by molar-refractivity contribution is 0.310. The van der Waals surface area contributed by atoms with Gasteiger partial charge in [-0.25, -0.2) is 4.98 Å². The van der Waals surface area contributed by atoms with Crippen molar-refractivity contribution >= 4 is 16.7 Å². The Morgan fingerprint density at radius 3 is 2.60 bits per heavy atom. The van der Waals surface area contributed by atoms with Crippen LogP contribution in [0.2, 0.25) is 0 Å². The quantitative estimate of drug-likeness (QED) is 0.784. The van der Waals surface area contributed by atoms with Gasteiger partial charge in [-0.3, -0.25) is 0 Å². The van der Waals surface area contributed by atoms with Crippen LogP contribution >= 0.6 is 0 Å². The van der Waals surface area contributed by atoms with Gasteiger partial charge in [0.1, 0.15) is 5.82 Å². The highest BCUT2D eigenvalue weighted by Crippen LogP contribution is 2.25. The number of H-pyrrole nitrogens is 1. The third-order valence-corrected chi connectivity index (χ3v) is 5.26. The Balaban J connectivity index is 1.56. The summed E-state index contributed by atoms with van der Waals surface area (Å²) in [6.07, 6.45) is 1.23. The first-order valence-corrected chi connectivity index (χ1v) is 9.27. The Hall–Kier alpha value is -2.33. The second-order valence-corrected chi connectivity index (χ2v) is 6.88. The van der Waals surface area contributed by atoms with E-state index < -0.39 is 0 Å². The highest BCUT2D eigenvalue weighted by atomic mass is 15.2. The molecule has 0 unspecified atom stereocenters. The fraction of sp³-hybridized carbons (Fsp3) is 0.381. The van der Waals surface area contributed by atoms with Crippen molar-refractivity contribution in [3.05, 3.63) is 48.0 Å². The van der Waals surface area contributed by atoms with Gasteiger partial charge in [-0.15, -0.1) is 0 Å². The van der Waals surface area contributed by atoms with Crippen LogP contribution in [0.15, 0.2) is 42.5 Å². The molecule has 1 aliphatic heterocycles. The highest BCUT2D eigenvalue weighted by molar-refractivity contribution is 5.82. The van der Waals surface area contributed by atoms with Crippen molar-refractivity contribution in [2.75, 3.05) is 37.6 Å². The molecule has 1 saturated heterocycles. The minimum Gasteiger partial charge on any atom is -0.370 e. The number of likely N-dealkylation sites (N-methyl/N-ethyl adjacent to an activating group) is 1. The molecular formula is C21H26N4. The maximum absolute atomic E-state index is 4.78. The normalized spacial score (nSPS) is 16.3. The van der Waals surface area contributed by atoms with E-state index in [0.29, 0.717) is 0 Å². The Morgan fingerprint density at radius 2 is 1.84 bits per heavy atom. The summed E-state index contributed by atoms with van der Waals surface area (Å²) in [6, 6.07) is 15.1. The SMILES string of the molecule is CCN1CCCN(c2ccc(-c3nc4c(C)cccc4[nH]3)cc2)CC1. The van der Waals surface area contributed by atoms with E-state index >= 15 is 0 Å². The number of hydrogen-bond donors (Lipinski definition) is 1.